The lowest BCUT2D eigenvalue weighted by atomic mass is 10.1. The predicted molar refractivity (Wildman–Crippen MR) is 121 cm³/mol. The van der Waals surface area contributed by atoms with Gasteiger partial charge >= 0.3 is 24.0 Å². The summed E-state index contributed by atoms with van der Waals surface area (Å²) < 4.78 is 74.7. The highest BCUT2D eigenvalue weighted by molar-refractivity contribution is 5.88. The molecule has 7 nitrogen and oxygen atoms in total. The summed E-state index contributed by atoms with van der Waals surface area (Å²) in [6.07, 6.45) is -5.23. The van der Waals surface area contributed by atoms with Crippen molar-refractivity contribution in [1.29, 1.82) is 0 Å². The van der Waals surface area contributed by atoms with E-state index in [0.717, 1.165) is 10.1 Å². The molecule has 0 unspecified atom stereocenters. The zero-order valence-corrected chi connectivity index (χ0v) is 19.6. The number of nitrogens with zero attached hydrogens (tertiary/aromatic N) is 2. The van der Waals surface area contributed by atoms with Crippen LogP contribution in [0.2, 0.25) is 0 Å². The van der Waals surface area contributed by atoms with Gasteiger partial charge in [-0.2, -0.15) is 22.0 Å². The van der Waals surface area contributed by atoms with E-state index in [9.17, 15) is 41.8 Å². The molecule has 2 N–H and O–H groups in total. The summed E-state index contributed by atoms with van der Waals surface area (Å²) >= 11 is 0. The van der Waals surface area contributed by atoms with Crippen LogP contribution in [0.4, 0.5) is 22.0 Å². The summed E-state index contributed by atoms with van der Waals surface area (Å²) in [5, 5.41) is 19.0. The highest BCUT2D eigenvalue weighted by Crippen LogP contribution is 2.45. The molecule has 0 bridgehead atoms. The second-order valence-corrected chi connectivity index (χ2v) is 8.19. The molecule has 1 heterocycles. The molecule has 0 aliphatic heterocycles. The van der Waals surface area contributed by atoms with E-state index in [1.54, 1.807) is 37.3 Å². The Bertz CT molecular complexity index is 1270. The van der Waals surface area contributed by atoms with Gasteiger partial charge in [0.25, 0.3) is 0 Å². The van der Waals surface area contributed by atoms with Crippen LogP contribution in [0.15, 0.2) is 48.5 Å². The summed E-state index contributed by atoms with van der Waals surface area (Å²) in [5.41, 5.74) is -2.47. The first-order valence-electron chi connectivity index (χ1n) is 11.2. The van der Waals surface area contributed by atoms with E-state index in [0.29, 0.717) is 12.8 Å². The SMILES string of the molecule is CCCCc1nc(C(F)(F)C(F)(F)F)c(C(=O)O)n1Cc1ccc(C(=O)O)cc1OCc1ccccc1. The molecule has 3 rings (SSSR count). The molecule has 1 aromatic heterocycles. The number of imidazole rings is 1. The Labute approximate surface area is 208 Å². The molecule has 0 aliphatic rings. The molecule has 0 saturated carbocycles. The van der Waals surface area contributed by atoms with Crippen LogP contribution in [-0.2, 0) is 25.5 Å². The Balaban J connectivity index is 2.13. The van der Waals surface area contributed by atoms with Crippen LogP contribution in [0.25, 0.3) is 0 Å². The fourth-order valence-corrected chi connectivity index (χ4v) is 3.62. The van der Waals surface area contributed by atoms with Crippen molar-refractivity contribution in [3.05, 3.63) is 82.4 Å². The molecule has 37 heavy (non-hydrogen) atoms. The third-order valence-corrected chi connectivity index (χ3v) is 5.54. The van der Waals surface area contributed by atoms with Crippen LogP contribution in [0.3, 0.4) is 0 Å². The van der Waals surface area contributed by atoms with E-state index in [1.807, 2.05) is 0 Å². The normalized spacial score (nSPS) is 11.9. The van der Waals surface area contributed by atoms with E-state index in [2.05, 4.69) is 4.98 Å². The molecule has 0 radical (unpaired) electrons. The molecule has 0 amide bonds. The Morgan fingerprint density at radius 1 is 1.00 bits per heavy atom. The molecule has 2 aromatic carbocycles. The first-order chi connectivity index (χ1) is 17.4. The van der Waals surface area contributed by atoms with Gasteiger partial charge in [0, 0.05) is 12.0 Å². The minimum Gasteiger partial charge on any atom is -0.489 e. The van der Waals surface area contributed by atoms with Gasteiger partial charge in [-0.25, -0.2) is 14.6 Å². The standard InChI is InChI=1S/C25H23F5N2O5/c1-2-3-9-19-31-21(24(26,27)25(28,29)30)20(23(35)36)32(19)13-17-11-10-16(22(33)34)12-18(17)37-14-15-7-5-4-6-8-15/h4-8,10-12H,2-3,9,13-14H2,1H3,(H,33,34)(H,35,36). The minimum atomic E-state index is -6.06. The predicted octanol–water partition coefficient (Wildman–Crippen LogP) is 5.90. The quantitative estimate of drug-likeness (QED) is 0.302. The van der Waals surface area contributed by atoms with Crippen molar-refractivity contribution in [2.75, 3.05) is 0 Å². The van der Waals surface area contributed by atoms with Crippen molar-refractivity contribution in [2.24, 2.45) is 0 Å². The van der Waals surface area contributed by atoms with Crippen molar-refractivity contribution in [3.8, 4) is 5.75 Å². The van der Waals surface area contributed by atoms with Crippen LogP contribution >= 0.6 is 0 Å². The summed E-state index contributed by atoms with van der Waals surface area (Å²) in [6.45, 7) is 1.26. The number of rotatable bonds is 11. The first-order valence-corrected chi connectivity index (χ1v) is 11.2. The summed E-state index contributed by atoms with van der Waals surface area (Å²) in [6, 6.07) is 12.4. The fourth-order valence-electron chi connectivity index (χ4n) is 3.62. The van der Waals surface area contributed by atoms with E-state index < -0.39 is 42.0 Å². The molecule has 198 valence electrons. The van der Waals surface area contributed by atoms with Gasteiger partial charge in [0.1, 0.15) is 18.2 Å². The van der Waals surface area contributed by atoms with Crippen molar-refractivity contribution in [2.45, 2.75) is 51.4 Å². The van der Waals surface area contributed by atoms with Crippen molar-refractivity contribution < 1.29 is 46.5 Å². The fraction of sp³-hybridized carbons (Fsp3) is 0.320. The average molecular weight is 526 g/mol. The molecule has 0 aliphatic carbocycles. The number of carboxylic acid groups (broad SMARTS) is 2. The number of carboxylic acids is 2. The number of aryl methyl sites for hydroxylation is 1. The lowest BCUT2D eigenvalue weighted by Gasteiger charge is -2.19. The first kappa shape index (κ1) is 27.6. The number of hydrogen-bond acceptors (Lipinski definition) is 4. The van der Waals surface area contributed by atoms with E-state index >= 15 is 0 Å². The van der Waals surface area contributed by atoms with Gasteiger partial charge < -0.3 is 19.5 Å². The maximum atomic E-state index is 14.3. The molecule has 12 heteroatoms. The van der Waals surface area contributed by atoms with Gasteiger partial charge in [-0.15, -0.1) is 0 Å². The molecule has 0 spiro atoms. The third-order valence-electron chi connectivity index (χ3n) is 5.54. The Kier molecular flexibility index (Phi) is 8.19. The van der Waals surface area contributed by atoms with Gasteiger partial charge in [-0.1, -0.05) is 49.7 Å². The van der Waals surface area contributed by atoms with E-state index in [1.165, 1.54) is 18.2 Å². The van der Waals surface area contributed by atoms with Gasteiger partial charge in [0.2, 0.25) is 0 Å². The number of ether oxygens (including phenoxy) is 1. The highest BCUT2D eigenvalue weighted by Gasteiger charge is 2.62. The third kappa shape index (κ3) is 6.07. The van der Waals surface area contributed by atoms with Crippen LogP contribution in [-0.4, -0.2) is 37.9 Å². The lowest BCUT2D eigenvalue weighted by molar-refractivity contribution is -0.291. The van der Waals surface area contributed by atoms with Gasteiger partial charge in [0.15, 0.2) is 11.4 Å². The monoisotopic (exact) mass is 526 g/mol. The topological polar surface area (TPSA) is 102 Å². The minimum absolute atomic E-state index is 0.000588. The van der Waals surface area contributed by atoms with Crippen molar-refractivity contribution >= 4 is 11.9 Å². The number of hydrogen-bond donors (Lipinski definition) is 2. The summed E-state index contributed by atoms with van der Waals surface area (Å²) in [5.74, 6) is -9.06. The number of alkyl halides is 5. The smallest absolute Gasteiger partial charge is 0.459 e. The molecule has 0 saturated heterocycles. The zero-order chi connectivity index (χ0) is 27.4. The van der Waals surface area contributed by atoms with Crippen LogP contribution in [0.5, 0.6) is 5.75 Å². The van der Waals surface area contributed by atoms with E-state index in [4.69, 9.17) is 4.74 Å². The second kappa shape index (κ2) is 11.0. The Morgan fingerprint density at radius 2 is 1.68 bits per heavy atom. The van der Waals surface area contributed by atoms with Crippen molar-refractivity contribution in [3.63, 3.8) is 0 Å². The van der Waals surface area contributed by atoms with Crippen LogP contribution in [0.1, 0.15) is 63.3 Å². The van der Waals surface area contributed by atoms with Gasteiger partial charge in [-0.05, 0) is 24.1 Å². The highest BCUT2D eigenvalue weighted by atomic mass is 19.4. The number of benzene rings is 2. The zero-order valence-electron chi connectivity index (χ0n) is 19.6. The number of unbranched alkanes of at least 4 members (excludes halogenated alkanes) is 1. The lowest BCUT2D eigenvalue weighted by Crippen LogP contribution is -2.35. The maximum absolute atomic E-state index is 14.3. The Morgan fingerprint density at radius 3 is 2.24 bits per heavy atom. The Hall–Kier alpha value is -3.96. The maximum Gasteiger partial charge on any atom is 0.459 e. The molecular weight excluding hydrogens is 503 g/mol. The number of halogens is 5. The molecular formula is C25H23F5N2O5. The van der Waals surface area contributed by atoms with Gasteiger partial charge in [0.05, 0.1) is 12.1 Å². The average Bonchev–Trinajstić information content (AvgIpc) is 3.20. The van der Waals surface area contributed by atoms with E-state index in [-0.39, 0.29) is 35.7 Å². The molecule has 3 aromatic rings. The summed E-state index contributed by atoms with van der Waals surface area (Å²) in [7, 11) is 0. The molecule has 0 fully saturated rings. The van der Waals surface area contributed by atoms with Crippen LogP contribution in [0, 0.1) is 0 Å². The van der Waals surface area contributed by atoms with Crippen LogP contribution < -0.4 is 4.74 Å². The largest absolute Gasteiger partial charge is 0.489 e. The van der Waals surface area contributed by atoms with Gasteiger partial charge in [-0.3, -0.25) is 0 Å². The summed E-state index contributed by atoms with van der Waals surface area (Å²) in [4.78, 5) is 26.9. The number of aromatic carboxylic acids is 2. The number of aromatic nitrogens is 2. The second-order valence-electron chi connectivity index (χ2n) is 8.19. The number of carbonyl (C=O) groups is 2. The molecule has 0 atom stereocenters. The van der Waals surface area contributed by atoms with Crippen molar-refractivity contribution in [1.82, 2.24) is 9.55 Å².